The summed E-state index contributed by atoms with van der Waals surface area (Å²) in [5.74, 6) is 0. The molecule has 0 saturated carbocycles. The van der Waals surface area contributed by atoms with E-state index in [4.69, 9.17) is 4.43 Å². The summed E-state index contributed by atoms with van der Waals surface area (Å²) >= 11 is 0. The molecule has 268 valence electrons. The third kappa shape index (κ3) is 15.7. The summed E-state index contributed by atoms with van der Waals surface area (Å²) in [7, 11) is -2.56. The maximum absolute atomic E-state index is 10.4. The predicted octanol–water partition coefficient (Wildman–Crippen LogP) is 11.3. The highest BCUT2D eigenvalue weighted by molar-refractivity contribution is 6.99. The van der Waals surface area contributed by atoms with E-state index >= 15 is 0 Å². The van der Waals surface area contributed by atoms with Gasteiger partial charge in [0.1, 0.15) is 0 Å². The van der Waals surface area contributed by atoms with E-state index in [9.17, 15) is 10.2 Å². The van der Waals surface area contributed by atoms with Gasteiger partial charge in [0.15, 0.2) is 0 Å². The molecular weight excluding hydrogens is 593 g/mol. The van der Waals surface area contributed by atoms with Gasteiger partial charge in [-0.3, -0.25) is 0 Å². The van der Waals surface area contributed by atoms with E-state index in [1.807, 2.05) is 0 Å². The van der Waals surface area contributed by atoms with Gasteiger partial charge < -0.3 is 14.6 Å². The van der Waals surface area contributed by atoms with Crippen molar-refractivity contribution < 1.29 is 14.6 Å². The first-order valence-electron chi connectivity index (χ1n) is 19.9. The molecule has 0 aliphatic carbocycles. The van der Waals surface area contributed by atoms with E-state index in [2.05, 4.69) is 95.3 Å². The number of aliphatic hydroxyl groups is 2. The average molecular weight is 667 g/mol. The number of unbranched alkanes of at least 4 members (excludes halogenated alkanes) is 15. The van der Waals surface area contributed by atoms with E-state index in [-0.39, 0.29) is 11.1 Å². The number of benzene rings is 2. The highest BCUT2D eigenvalue weighted by Gasteiger charge is 2.51. The van der Waals surface area contributed by atoms with Gasteiger partial charge in [-0.25, -0.2) is 0 Å². The zero-order valence-electron chi connectivity index (χ0n) is 31.4. The first-order chi connectivity index (χ1) is 22.8. The predicted molar refractivity (Wildman–Crippen MR) is 207 cm³/mol. The van der Waals surface area contributed by atoms with E-state index in [1.165, 1.54) is 107 Å². The second kappa shape index (κ2) is 24.6. The van der Waals surface area contributed by atoms with E-state index < -0.39 is 20.5 Å². The van der Waals surface area contributed by atoms with Crippen LogP contribution >= 0.6 is 0 Å². The summed E-state index contributed by atoms with van der Waals surface area (Å²) in [6.45, 7) is 11.7. The molecule has 0 fully saturated rings. The number of hydrogen-bond acceptors (Lipinski definition) is 3. The van der Waals surface area contributed by atoms with Crippen molar-refractivity contribution in [1.82, 2.24) is 0 Å². The minimum atomic E-state index is -2.56. The van der Waals surface area contributed by atoms with Crippen molar-refractivity contribution in [1.29, 1.82) is 0 Å². The summed E-state index contributed by atoms with van der Waals surface area (Å²) in [5.41, 5.74) is 0. The Hall–Kier alpha value is -1.46. The van der Waals surface area contributed by atoms with Crippen LogP contribution in [-0.2, 0) is 4.43 Å². The van der Waals surface area contributed by atoms with Crippen LogP contribution in [0, 0.1) is 0 Å². The third-order valence-corrected chi connectivity index (χ3v) is 15.3. The lowest BCUT2D eigenvalue weighted by Gasteiger charge is -2.45. The van der Waals surface area contributed by atoms with Gasteiger partial charge in [-0.15, -0.1) is 0 Å². The lowest BCUT2D eigenvalue weighted by atomic mass is 9.99. The minimum absolute atomic E-state index is 0.00129. The molecule has 2 aromatic carbocycles. The Morgan fingerprint density at radius 3 is 1.15 bits per heavy atom. The van der Waals surface area contributed by atoms with Gasteiger partial charge >= 0.3 is 0 Å². The first kappa shape index (κ1) is 41.7. The fourth-order valence-corrected chi connectivity index (χ4v) is 12.1. The normalized spacial score (nSPS) is 14.3. The summed E-state index contributed by atoms with van der Waals surface area (Å²) in [6, 6.07) is 22.3. The maximum Gasteiger partial charge on any atom is 0.261 e. The molecule has 4 heteroatoms. The average Bonchev–Trinajstić information content (AvgIpc) is 3.07. The van der Waals surface area contributed by atoms with Crippen molar-refractivity contribution in [3.05, 3.63) is 60.7 Å². The van der Waals surface area contributed by atoms with Crippen LogP contribution in [0.25, 0.3) is 0 Å². The molecule has 0 spiro atoms. The molecule has 3 nitrogen and oxygen atoms in total. The Balaban J connectivity index is 1.95. The largest absolute Gasteiger partial charge is 0.404 e. The Labute approximate surface area is 292 Å². The molecule has 0 bridgehead atoms. The summed E-state index contributed by atoms with van der Waals surface area (Å²) in [4.78, 5) is 0. The molecule has 3 atom stereocenters. The second-order valence-corrected chi connectivity index (χ2v) is 19.6. The Kier molecular flexibility index (Phi) is 21.9. The monoisotopic (exact) mass is 667 g/mol. The van der Waals surface area contributed by atoms with Gasteiger partial charge in [-0.2, -0.15) is 0 Å². The zero-order valence-corrected chi connectivity index (χ0v) is 32.4. The van der Waals surface area contributed by atoms with Gasteiger partial charge in [0.05, 0.1) is 12.2 Å². The van der Waals surface area contributed by atoms with Crippen LogP contribution in [0.5, 0.6) is 0 Å². The molecule has 0 radical (unpaired) electrons. The van der Waals surface area contributed by atoms with Gasteiger partial charge in [-0.05, 0) is 41.1 Å². The summed E-state index contributed by atoms with van der Waals surface area (Å²) in [5, 5.41) is 23.5. The minimum Gasteiger partial charge on any atom is -0.404 e. The molecule has 0 aliphatic heterocycles. The van der Waals surface area contributed by atoms with Crippen molar-refractivity contribution in [2.45, 2.75) is 199 Å². The van der Waals surface area contributed by atoms with Crippen molar-refractivity contribution in [2.75, 3.05) is 0 Å². The SMILES string of the molecule is CCCCCCCCCC(CCCCCCCCC(O)C(O)CCCCCCC)O[Si](c1ccccc1)(c1ccccc1)C(C)(C)C. The fraction of sp³-hybridized carbons (Fsp3) is 0.721. The van der Waals surface area contributed by atoms with Crippen molar-refractivity contribution >= 4 is 18.7 Å². The van der Waals surface area contributed by atoms with E-state index in [0.29, 0.717) is 0 Å². The lowest BCUT2D eigenvalue weighted by Crippen LogP contribution is -2.67. The Morgan fingerprint density at radius 2 is 0.809 bits per heavy atom. The van der Waals surface area contributed by atoms with Crippen LogP contribution in [-0.4, -0.2) is 36.8 Å². The third-order valence-electron chi connectivity index (χ3n) is 10.2. The summed E-state index contributed by atoms with van der Waals surface area (Å²) in [6.07, 6.45) is 25.2. The van der Waals surface area contributed by atoms with Crippen LogP contribution in [0.4, 0.5) is 0 Å². The smallest absolute Gasteiger partial charge is 0.261 e. The molecule has 2 N–H and O–H groups in total. The fourth-order valence-electron chi connectivity index (χ4n) is 7.31. The van der Waals surface area contributed by atoms with Crippen LogP contribution in [0.15, 0.2) is 60.7 Å². The lowest BCUT2D eigenvalue weighted by molar-refractivity contribution is 0.00712. The summed E-state index contributed by atoms with van der Waals surface area (Å²) < 4.78 is 7.65. The maximum atomic E-state index is 10.4. The van der Waals surface area contributed by atoms with Crippen molar-refractivity contribution in [2.24, 2.45) is 0 Å². The molecule has 0 saturated heterocycles. The highest BCUT2D eigenvalue weighted by Crippen LogP contribution is 2.38. The van der Waals surface area contributed by atoms with Gasteiger partial charge in [0.2, 0.25) is 0 Å². The molecule has 47 heavy (non-hydrogen) atoms. The molecule has 3 unspecified atom stereocenters. The highest BCUT2D eigenvalue weighted by atomic mass is 28.4. The number of aliphatic hydroxyl groups excluding tert-OH is 2. The van der Waals surface area contributed by atoms with Gasteiger partial charge in [0, 0.05) is 6.10 Å². The van der Waals surface area contributed by atoms with Crippen LogP contribution in [0.2, 0.25) is 5.04 Å². The second-order valence-electron chi connectivity index (χ2n) is 15.3. The first-order valence-corrected chi connectivity index (χ1v) is 21.8. The Morgan fingerprint density at radius 1 is 0.489 bits per heavy atom. The number of hydrogen-bond donors (Lipinski definition) is 2. The van der Waals surface area contributed by atoms with Gasteiger partial charge in [-0.1, -0.05) is 211 Å². The molecule has 0 amide bonds. The van der Waals surface area contributed by atoms with E-state index in [0.717, 1.165) is 44.9 Å². The van der Waals surface area contributed by atoms with E-state index in [1.54, 1.807) is 0 Å². The van der Waals surface area contributed by atoms with Crippen LogP contribution in [0.1, 0.15) is 176 Å². The molecule has 0 aliphatic rings. The molecule has 0 aromatic heterocycles. The zero-order chi connectivity index (χ0) is 34.2. The standard InChI is InChI=1S/C43H74O3Si/c1-6-8-10-12-13-17-22-30-38(31-23-18-14-15-19-29-37-42(45)41(44)36-28-16-11-9-7-2)46-47(43(3,4)5,39-32-24-20-25-33-39)40-34-26-21-27-35-40/h20-21,24-27,32-35,38,41-42,44-45H,6-19,22-23,28-31,36-37H2,1-5H3. The van der Waals surface area contributed by atoms with Gasteiger partial charge in [0.25, 0.3) is 8.32 Å². The quantitative estimate of drug-likeness (QED) is 0.0702. The number of rotatable bonds is 28. The topological polar surface area (TPSA) is 49.7 Å². The molecule has 2 rings (SSSR count). The Bertz CT molecular complexity index is 950. The van der Waals surface area contributed by atoms with Crippen LogP contribution < -0.4 is 10.4 Å². The van der Waals surface area contributed by atoms with Crippen LogP contribution in [0.3, 0.4) is 0 Å². The van der Waals surface area contributed by atoms with Crippen molar-refractivity contribution in [3.63, 3.8) is 0 Å². The molecule has 0 heterocycles. The molecule has 2 aromatic rings. The molecular formula is C43H74O3Si. The van der Waals surface area contributed by atoms with Crippen molar-refractivity contribution in [3.8, 4) is 0 Å².